The van der Waals surface area contributed by atoms with E-state index in [-0.39, 0.29) is 12.1 Å². The quantitative estimate of drug-likeness (QED) is 0.225. The van der Waals surface area contributed by atoms with Gasteiger partial charge in [-0.2, -0.15) is 0 Å². The van der Waals surface area contributed by atoms with Crippen molar-refractivity contribution in [3.63, 3.8) is 0 Å². The third-order valence-corrected chi connectivity index (χ3v) is 6.04. The van der Waals surface area contributed by atoms with Crippen LogP contribution in [0.2, 0.25) is 0 Å². The summed E-state index contributed by atoms with van der Waals surface area (Å²) in [6, 6.07) is 0. The Hall–Kier alpha value is -1.16. The molecule has 0 bridgehead atoms. The second-order valence-corrected chi connectivity index (χ2v) is 8.10. The highest BCUT2D eigenvalue weighted by atomic mass is 16.1. The van der Waals surface area contributed by atoms with Gasteiger partial charge in [0.15, 0.2) is 12.3 Å². The average molecular weight is 379 g/mol. The molecule has 1 aliphatic heterocycles. The number of hydrogen-bond acceptors (Lipinski definition) is 2. The molecular weight excluding hydrogens is 334 g/mol. The van der Waals surface area contributed by atoms with Gasteiger partial charge in [0.2, 0.25) is 5.91 Å². The Bertz CT molecular complexity index is 461. The maximum absolute atomic E-state index is 11.5. The van der Waals surface area contributed by atoms with Gasteiger partial charge in [-0.3, -0.25) is 9.28 Å². The van der Waals surface area contributed by atoms with Gasteiger partial charge in [-0.25, -0.2) is 4.99 Å². The Balaban J connectivity index is 2.19. The van der Waals surface area contributed by atoms with Gasteiger partial charge in [0.1, 0.15) is 6.54 Å². The molecule has 0 fully saturated rings. The third kappa shape index (κ3) is 8.59. The number of carbonyl (C=O) groups excluding carboxylic acids is 1. The molecular formula is C23H44N3O+. The monoisotopic (exact) mass is 378 g/mol. The van der Waals surface area contributed by atoms with Crippen molar-refractivity contribution in [3.8, 4) is 0 Å². The van der Waals surface area contributed by atoms with Crippen LogP contribution < -0.4 is 5.32 Å². The minimum absolute atomic E-state index is 0.0521. The zero-order valence-electron chi connectivity index (χ0n) is 18.4. The lowest BCUT2D eigenvalue weighted by Crippen LogP contribution is -2.63. The van der Waals surface area contributed by atoms with Gasteiger partial charge in [0, 0.05) is 20.3 Å². The molecule has 4 nitrogen and oxygen atoms in total. The number of hydrogen-bond donors (Lipinski definition) is 1. The first-order valence-corrected chi connectivity index (χ1v) is 11.4. The van der Waals surface area contributed by atoms with Gasteiger partial charge in [-0.15, -0.1) is 0 Å². The average Bonchev–Trinajstić information content (AvgIpc) is 3.06. The van der Waals surface area contributed by atoms with Crippen molar-refractivity contribution in [2.45, 2.75) is 111 Å². The summed E-state index contributed by atoms with van der Waals surface area (Å²) < 4.78 is 0.873. The van der Waals surface area contributed by atoms with Crippen LogP contribution in [-0.4, -0.2) is 42.0 Å². The second kappa shape index (κ2) is 13.9. The molecule has 0 spiro atoms. The van der Waals surface area contributed by atoms with E-state index in [4.69, 9.17) is 4.99 Å². The molecule has 1 amide bonds. The summed E-state index contributed by atoms with van der Waals surface area (Å²) in [7, 11) is 0. The fourth-order valence-electron chi connectivity index (χ4n) is 4.23. The molecule has 0 aromatic rings. The van der Waals surface area contributed by atoms with E-state index in [1.807, 2.05) is 0 Å². The number of quaternary nitrogens is 1. The molecule has 1 heterocycles. The SMILES string of the molecule is CCCCCCC/C=C/CCCCCC1N=CC[N+]1(CC)C(C)NC(C)=O. The van der Waals surface area contributed by atoms with Crippen LogP contribution in [0.5, 0.6) is 0 Å². The molecule has 3 unspecified atom stereocenters. The number of carbonyl (C=O) groups is 1. The number of aliphatic imine (C=N–C) groups is 1. The van der Waals surface area contributed by atoms with Crippen molar-refractivity contribution in [3.05, 3.63) is 12.2 Å². The number of unbranched alkanes of at least 4 members (excludes halogenated alkanes) is 8. The largest absolute Gasteiger partial charge is 0.307 e. The zero-order valence-corrected chi connectivity index (χ0v) is 18.4. The van der Waals surface area contributed by atoms with Crippen LogP contribution in [0.3, 0.4) is 0 Å². The van der Waals surface area contributed by atoms with Gasteiger partial charge in [-0.1, -0.05) is 51.2 Å². The van der Waals surface area contributed by atoms with Crippen molar-refractivity contribution >= 4 is 12.1 Å². The molecule has 1 rings (SSSR count). The van der Waals surface area contributed by atoms with Crippen molar-refractivity contribution in [2.24, 2.45) is 4.99 Å². The summed E-state index contributed by atoms with van der Waals surface area (Å²) in [5.74, 6) is 0.0521. The van der Waals surface area contributed by atoms with Gasteiger partial charge in [0.25, 0.3) is 0 Å². The number of nitrogens with zero attached hydrogens (tertiary/aromatic N) is 2. The van der Waals surface area contributed by atoms with Gasteiger partial charge in [0.05, 0.1) is 12.8 Å². The highest BCUT2D eigenvalue weighted by Crippen LogP contribution is 2.27. The Kier molecular flexibility index (Phi) is 12.3. The summed E-state index contributed by atoms with van der Waals surface area (Å²) in [5, 5.41) is 3.10. The number of nitrogens with one attached hydrogen (secondary N) is 1. The molecule has 0 aromatic heterocycles. The van der Waals surface area contributed by atoms with Crippen molar-refractivity contribution in [2.75, 3.05) is 13.1 Å². The first kappa shape index (κ1) is 23.9. The Morgan fingerprint density at radius 3 is 2.33 bits per heavy atom. The maximum Gasteiger partial charge on any atom is 0.221 e. The molecule has 1 aliphatic rings. The predicted molar refractivity (Wildman–Crippen MR) is 117 cm³/mol. The number of amides is 1. The van der Waals surface area contributed by atoms with Gasteiger partial charge in [-0.05, 0) is 39.0 Å². The summed E-state index contributed by atoms with van der Waals surface area (Å²) in [4.78, 5) is 16.2. The predicted octanol–water partition coefficient (Wildman–Crippen LogP) is 5.58. The van der Waals surface area contributed by atoms with Crippen molar-refractivity contribution < 1.29 is 9.28 Å². The van der Waals surface area contributed by atoms with Crippen LogP contribution in [0.1, 0.15) is 98.3 Å². The van der Waals surface area contributed by atoms with Crippen LogP contribution in [-0.2, 0) is 4.79 Å². The van der Waals surface area contributed by atoms with Crippen LogP contribution in [0, 0.1) is 0 Å². The van der Waals surface area contributed by atoms with E-state index in [9.17, 15) is 4.79 Å². The van der Waals surface area contributed by atoms with E-state index in [2.05, 4.69) is 44.5 Å². The summed E-state index contributed by atoms with van der Waals surface area (Å²) >= 11 is 0. The molecule has 0 saturated carbocycles. The molecule has 1 N–H and O–H groups in total. The molecule has 0 aromatic carbocycles. The minimum Gasteiger partial charge on any atom is -0.307 e. The first-order chi connectivity index (χ1) is 13.1. The normalized spacial score (nSPS) is 23.2. The molecule has 156 valence electrons. The number of allylic oxidation sites excluding steroid dienone is 2. The van der Waals surface area contributed by atoms with E-state index in [1.54, 1.807) is 6.92 Å². The van der Waals surface area contributed by atoms with E-state index in [0.717, 1.165) is 24.0 Å². The van der Waals surface area contributed by atoms with Crippen LogP contribution in [0.4, 0.5) is 0 Å². The highest BCUT2D eigenvalue weighted by Gasteiger charge is 2.42. The van der Waals surface area contributed by atoms with E-state index >= 15 is 0 Å². The van der Waals surface area contributed by atoms with E-state index in [1.165, 1.54) is 64.2 Å². The second-order valence-electron chi connectivity index (χ2n) is 8.10. The van der Waals surface area contributed by atoms with Crippen molar-refractivity contribution in [1.82, 2.24) is 5.32 Å². The minimum atomic E-state index is 0.0521. The third-order valence-electron chi connectivity index (χ3n) is 6.04. The summed E-state index contributed by atoms with van der Waals surface area (Å²) in [6.07, 6.45) is 21.4. The Labute approximate surface area is 168 Å². The van der Waals surface area contributed by atoms with Crippen LogP contribution in [0.15, 0.2) is 17.1 Å². The van der Waals surface area contributed by atoms with Crippen LogP contribution >= 0.6 is 0 Å². The number of rotatable bonds is 15. The maximum atomic E-state index is 11.5. The van der Waals surface area contributed by atoms with E-state index < -0.39 is 0 Å². The van der Waals surface area contributed by atoms with Gasteiger partial charge < -0.3 is 5.32 Å². The summed E-state index contributed by atoms with van der Waals surface area (Å²) in [6.45, 7) is 10.2. The molecule has 0 radical (unpaired) electrons. The van der Waals surface area contributed by atoms with Gasteiger partial charge >= 0.3 is 0 Å². The fraction of sp³-hybridized carbons (Fsp3) is 0.826. The van der Waals surface area contributed by atoms with Crippen LogP contribution in [0.25, 0.3) is 0 Å². The molecule has 0 aliphatic carbocycles. The molecule has 27 heavy (non-hydrogen) atoms. The lowest BCUT2D eigenvalue weighted by atomic mass is 10.1. The summed E-state index contributed by atoms with van der Waals surface area (Å²) in [5.41, 5.74) is 0. The topological polar surface area (TPSA) is 41.5 Å². The zero-order chi connectivity index (χ0) is 20.0. The lowest BCUT2D eigenvalue weighted by Gasteiger charge is -2.42. The van der Waals surface area contributed by atoms with Crippen molar-refractivity contribution in [1.29, 1.82) is 0 Å². The Morgan fingerprint density at radius 2 is 1.74 bits per heavy atom. The Morgan fingerprint density at radius 1 is 1.11 bits per heavy atom. The highest BCUT2D eigenvalue weighted by molar-refractivity contribution is 5.73. The standard InChI is InChI=1S/C23H43N3O/c1-5-7-8-9-10-11-12-13-14-15-16-17-18-23-24-19-20-26(23,6-2)21(3)25-22(4)27/h12-13,19,21,23H,5-11,14-18,20H2,1-4H3/p+1/b13-12+. The van der Waals surface area contributed by atoms with E-state index in [0.29, 0.717) is 6.17 Å². The fourth-order valence-corrected chi connectivity index (χ4v) is 4.23. The molecule has 3 atom stereocenters. The first-order valence-electron chi connectivity index (χ1n) is 11.4. The molecule has 4 heteroatoms. The lowest BCUT2D eigenvalue weighted by molar-refractivity contribution is -0.959. The smallest absolute Gasteiger partial charge is 0.221 e. The molecule has 0 saturated heterocycles.